The second kappa shape index (κ2) is 8.33. The predicted octanol–water partition coefficient (Wildman–Crippen LogP) is 2.47. The summed E-state index contributed by atoms with van der Waals surface area (Å²) in [5.74, 6) is -1.57. The second-order valence-corrected chi connectivity index (χ2v) is 6.66. The summed E-state index contributed by atoms with van der Waals surface area (Å²) in [5, 5.41) is 2.65. The molecule has 0 saturated carbocycles. The van der Waals surface area contributed by atoms with Gasteiger partial charge in [-0.1, -0.05) is 45.0 Å². The summed E-state index contributed by atoms with van der Waals surface area (Å²) < 4.78 is 5.15. The van der Waals surface area contributed by atoms with Gasteiger partial charge in [-0.05, 0) is 31.7 Å². The number of amides is 3. The molecule has 7 nitrogen and oxygen atoms in total. The number of ether oxygens (including phenoxy) is 1. The van der Waals surface area contributed by atoms with Crippen LogP contribution in [0.15, 0.2) is 24.3 Å². The van der Waals surface area contributed by atoms with E-state index in [-0.39, 0.29) is 5.78 Å². The van der Waals surface area contributed by atoms with E-state index in [2.05, 4.69) is 5.32 Å². The molecule has 0 aliphatic carbocycles. The highest BCUT2D eigenvalue weighted by molar-refractivity contribution is 6.08. The first-order valence-corrected chi connectivity index (χ1v) is 9.24. The van der Waals surface area contributed by atoms with Crippen LogP contribution in [0, 0.1) is 0 Å². The minimum absolute atomic E-state index is 0.334. The largest absolute Gasteiger partial charge is 0.453 e. The summed E-state index contributed by atoms with van der Waals surface area (Å²) in [6.45, 7) is 6.58. The monoisotopic (exact) mass is 374 g/mol. The van der Waals surface area contributed by atoms with E-state index in [1.165, 1.54) is 6.92 Å². The Kier molecular flexibility index (Phi) is 6.36. The first-order chi connectivity index (χ1) is 12.8. The van der Waals surface area contributed by atoms with E-state index in [0.29, 0.717) is 18.4 Å². The minimum atomic E-state index is -1.01. The maximum Gasteiger partial charge on any atom is 0.326 e. The fraction of sp³-hybridized carbons (Fsp3) is 0.500. The van der Waals surface area contributed by atoms with E-state index in [9.17, 15) is 19.2 Å². The van der Waals surface area contributed by atoms with Crippen LogP contribution in [0.5, 0.6) is 0 Å². The Morgan fingerprint density at radius 3 is 2.19 bits per heavy atom. The standard InChI is InChI=1S/C20H26N2O5/c1-5-14-8-10-15(11-9-14)17(24)13(4)27-16(23)12-22-18(25)20(6-2,7-3)21-19(22)26/h8-11,13H,5-7,12H2,1-4H3,(H,21,26)/t13-/m1/s1. The molecule has 1 saturated heterocycles. The Morgan fingerprint density at radius 2 is 1.70 bits per heavy atom. The summed E-state index contributed by atoms with van der Waals surface area (Å²) >= 11 is 0. The molecule has 0 spiro atoms. The molecule has 0 unspecified atom stereocenters. The average molecular weight is 374 g/mol. The van der Waals surface area contributed by atoms with Gasteiger partial charge in [-0.2, -0.15) is 0 Å². The third-order valence-electron chi connectivity index (χ3n) is 5.06. The van der Waals surface area contributed by atoms with Crippen LogP contribution < -0.4 is 5.32 Å². The summed E-state index contributed by atoms with van der Waals surface area (Å²) in [4.78, 5) is 50.0. The molecule has 27 heavy (non-hydrogen) atoms. The quantitative estimate of drug-likeness (QED) is 0.429. The number of esters is 1. The van der Waals surface area contributed by atoms with E-state index in [1.54, 1.807) is 26.0 Å². The van der Waals surface area contributed by atoms with Gasteiger partial charge in [0, 0.05) is 5.56 Å². The van der Waals surface area contributed by atoms with Crippen molar-refractivity contribution in [2.75, 3.05) is 6.54 Å². The van der Waals surface area contributed by atoms with E-state index < -0.39 is 36.1 Å². The number of carbonyl (C=O) groups excluding carboxylic acids is 4. The fourth-order valence-corrected chi connectivity index (χ4v) is 3.11. The lowest BCUT2D eigenvalue weighted by molar-refractivity contribution is -0.150. The molecular formula is C20H26N2O5. The van der Waals surface area contributed by atoms with E-state index in [0.717, 1.165) is 16.9 Å². The van der Waals surface area contributed by atoms with Crippen molar-refractivity contribution in [3.05, 3.63) is 35.4 Å². The molecule has 0 radical (unpaired) electrons. The molecule has 1 fully saturated rings. The number of rotatable bonds is 8. The summed E-state index contributed by atoms with van der Waals surface area (Å²) in [7, 11) is 0. The maximum absolute atomic E-state index is 12.5. The summed E-state index contributed by atoms with van der Waals surface area (Å²) in [6.07, 6.45) is 0.722. The zero-order valence-corrected chi connectivity index (χ0v) is 16.2. The zero-order valence-electron chi connectivity index (χ0n) is 16.2. The molecule has 1 atom stereocenters. The molecular weight excluding hydrogens is 348 g/mol. The van der Waals surface area contributed by atoms with Crippen molar-refractivity contribution in [2.45, 2.75) is 58.6 Å². The molecule has 1 N–H and O–H groups in total. The van der Waals surface area contributed by atoms with Gasteiger partial charge in [0.2, 0.25) is 5.78 Å². The van der Waals surface area contributed by atoms with Crippen LogP contribution in [0.1, 0.15) is 56.5 Å². The first kappa shape index (κ1) is 20.6. The number of urea groups is 1. The number of carbonyl (C=O) groups is 4. The van der Waals surface area contributed by atoms with Crippen molar-refractivity contribution in [2.24, 2.45) is 0 Å². The Balaban J connectivity index is 1.99. The third kappa shape index (κ3) is 4.18. The lowest BCUT2D eigenvalue weighted by Crippen LogP contribution is -2.46. The Labute approximate surface area is 159 Å². The molecule has 7 heteroatoms. The molecule has 1 aromatic rings. The van der Waals surface area contributed by atoms with Gasteiger partial charge in [0.05, 0.1) is 0 Å². The number of aryl methyl sites for hydroxylation is 1. The van der Waals surface area contributed by atoms with Gasteiger partial charge in [-0.15, -0.1) is 0 Å². The SMILES string of the molecule is CCc1ccc(C(=O)[C@@H](C)OC(=O)CN2C(=O)NC(CC)(CC)C2=O)cc1. The maximum atomic E-state index is 12.5. The lowest BCUT2D eigenvalue weighted by atomic mass is 9.93. The lowest BCUT2D eigenvalue weighted by Gasteiger charge is -2.23. The molecule has 0 bridgehead atoms. The van der Waals surface area contributed by atoms with Crippen molar-refractivity contribution in [3.63, 3.8) is 0 Å². The molecule has 1 aliphatic rings. The van der Waals surface area contributed by atoms with Crippen LogP contribution in [0.3, 0.4) is 0 Å². The van der Waals surface area contributed by atoms with Gasteiger partial charge in [0.25, 0.3) is 5.91 Å². The number of imide groups is 1. The summed E-state index contributed by atoms with van der Waals surface area (Å²) in [6, 6.07) is 6.48. The van der Waals surface area contributed by atoms with Crippen molar-refractivity contribution >= 4 is 23.7 Å². The Hall–Kier alpha value is -2.70. The van der Waals surface area contributed by atoms with Gasteiger partial charge in [-0.3, -0.25) is 19.3 Å². The van der Waals surface area contributed by atoms with Gasteiger partial charge < -0.3 is 10.1 Å². The molecule has 146 valence electrons. The van der Waals surface area contributed by atoms with E-state index >= 15 is 0 Å². The van der Waals surface area contributed by atoms with E-state index in [1.807, 2.05) is 19.1 Å². The molecule has 1 aliphatic heterocycles. The number of nitrogens with one attached hydrogen (secondary N) is 1. The highest BCUT2D eigenvalue weighted by atomic mass is 16.5. The van der Waals surface area contributed by atoms with Crippen LogP contribution >= 0.6 is 0 Å². The van der Waals surface area contributed by atoms with Crippen molar-refractivity contribution in [1.29, 1.82) is 0 Å². The number of ketones is 1. The minimum Gasteiger partial charge on any atom is -0.453 e. The second-order valence-electron chi connectivity index (χ2n) is 6.66. The van der Waals surface area contributed by atoms with Crippen LogP contribution in [0.25, 0.3) is 0 Å². The van der Waals surface area contributed by atoms with Crippen molar-refractivity contribution in [1.82, 2.24) is 10.2 Å². The van der Waals surface area contributed by atoms with E-state index in [4.69, 9.17) is 4.74 Å². The van der Waals surface area contributed by atoms with Gasteiger partial charge in [-0.25, -0.2) is 4.79 Å². The molecule has 2 rings (SSSR count). The smallest absolute Gasteiger partial charge is 0.326 e. The number of nitrogens with zero attached hydrogens (tertiary/aromatic N) is 1. The van der Waals surface area contributed by atoms with Crippen LogP contribution in [0.2, 0.25) is 0 Å². The molecule has 1 heterocycles. The molecule has 0 aromatic heterocycles. The highest BCUT2D eigenvalue weighted by Gasteiger charge is 2.49. The highest BCUT2D eigenvalue weighted by Crippen LogP contribution is 2.24. The van der Waals surface area contributed by atoms with Gasteiger partial charge >= 0.3 is 12.0 Å². The molecule has 3 amide bonds. The average Bonchev–Trinajstić information content (AvgIpc) is 2.92. The van der Waals surface area contributed by atoms with Gasteiger partial charge in [0.15, 0.2) is 6.10 Å². The number of hydrogen-bond donors (Lipinski definition) is 1. The Bertz CT molecular complexity index is 737. The Morgan fingerprint density at radius 1 is 1.11 bits per heavy atom. The fourth-order valence-electron chi connectivity index (χ4n) is 3.11. The zero-order chi connectivity index (χ0) is 20.2. The van der Waals surface area contributed by atoms with Crippen LogP contribution in [-0.2, 0) is 20.7 Å². The van der Waals surface area contributed by atoms with Crippen molar-refractivity contribution < 1.29 is 23.9 Å². The first-order valence-electron chi connectivity index (χ1n) is 9.24. The normalized spacial score (nSPS) is 16.8. The molecule has 1 aromatic carbocycles. The van der Waals surface area contributed by atoms with Crippen LogP contribution in [-0.4, -0.2) is 46.8 Å². The van der Waals surface area contributed by atoms with Crippen molar-refractivity contribution in [3.8, 4) is 0 Å². The van der Waals surface area contributed by atoms with Crippen LogP contribution in [0.4, 0.5) is 4.79 Å². The number of Topliss-reactive ketones (excluding diaryl/α,β-unsaturated/α-hetero) is 1. The number of benzene rings is 1. The third-order valence-corrected chi connectivity index (χ3v) is 5.06. The number of hydrogen-bond acceptors (Lipinski definition) is 5. The summed E-state index contributed by atoms with van der Waals surface area (Å²) in [5.41, 5.74) is 0.573. The predicted molar refractivity (Wildman–Crippen MR) is 99.3 cm³/mol. The van der Waals surface area contributed by atoms with Gasteiger partial charge in [0.1, 0.15) is 12.1 Å². The topological polar surface area (TPSA) is 92.8 Å².